The molecule has 0 saturated carbocycles. The Morgan fingerprint density at radius 1 is 1.67 bits per heavy atom. The molecular formula is C6H13N3. The second-order valence-electron chi connectivity index (χ2n) is 2.10. The van der Waals surface area contributed by atoms with Crippen LogP contribution in [0.4, 0.5) is 0 Å². The zero-order valence-electron chi connectivity index (χ0n) is 6.18. The first kappa shape index (κ1) is 8.01. The summed E-state index contributed by atoms with van der Waals surface area (Å²) >= 11 is 0. The van der Waals surface area contributed by atoms with E-state index >= 15 is 0 Å². The molecule has 1 N–H and O–H groups in total. The van der Waals surface area contributed by atoms with Crippen LogP contribution in [0.5, 0.6) is 0 Å². The van der Waals surface area contributed by atoms with Crippen molar-refractivity contribution in [2.45, 2.75) is 6.92 Å². The third-order valence-corrected chi connectivity index (χ3v) is 0.544. The van der Waals surface area contributed by atoms with Gasteiger partial charge in [-0.05, 0) is 6.92 Å². The highest BCUT2D eigenvalue weighted by molar-refractivity contribution is 5.53. The van der Waals surface area contributed by atoms with Crippen LogP contribution in [0, 0.1) is 0 Å². The molecule has 0 aromatic heterocycles. The summed E-state index contributed by atoms with van der Waals surface area (Å²) in [5.41, 5.74) is 3.55. The van der Waals surface area contributed by atoms with Crippen LogP contribution in [0.3, 0.4) is 0 Å². The maximum atomic E-state index is 3.82. The van der Waals surface area contributed by atoms with E-state index in [1.807, 2.05) is 25.9 Å². The Kier molecular flexibility index (Phi) is 3.51. The number of hydrogen-bond acceptors (Lipinski definition) is 2. The van der Waals surface area contributed by atoms with Crippen LogP contribution in [-0.2, 0) is 0 Å². The molecule has 0 fully saturated rings. The Bertz CT molecular complexity index is 115. The highest BCUT2D eigenvalue weighted by Gasteiger charge is 1.76. The van der Waals surface area contributed by atoms with Crippen molar-refractivity contribution in [1.29, 1.82) is 0 Å². The second kappa shape index (κ2) is 3.95. The molecule has 0 atom stereocenters. The van der Waals surface area contributed by atoms with Gasteiger partial charge < -0.3 is 4.90 Å². The predicted octanol–water partition coefficient (Wildman–Crippen LogP) is 0.615. The molecule has 0 unspecified atom stereocenters. The monoisotopic (exact) mass is 127 g/mol. The smallest absolute Gasteiger partial charge is 0.111 e. The number of nitrogens with zero attached hydrogens (tertiary/aromatic N) is 2. The van der Waals surface area contributed by atoms with Gasteiger partial charge in [0.15, 0.2) is 0 Å². The number of rotatable bonds is 3. The first-order valence-corrected chi connectivity index (χ1v) is 2.74. The third kappa shape index (κ3) is 7.01. The minimum absolute atomic E-state index is 0.841. The standard InChI is InChI=1S/C6H13N3/c1-6(2)8-7-5-9(3)4/h5,8H,1H2,2-4H3/b7-5-. The topological polar surface area (TPSA) is 27.6 Å². The summed E-state index contributed by atoms with van der Waals surface area (Å²) < 4.78 is 0. The van der Waals surface area contributed by atoms with Crippen LogP contribution in [0.1, 0.15) is 6.92 Å². The summed E-state index contributed by atoms with van der Waals surface area (Å²) in [6.07, 6.45) is 1.68. The van der Waals surface area contributed by atoms with Crippen molar-refractivity contribution in [3.8, 4) is 0 Å². The Hall–Kier alpha value is -0.990. The van der Waals surface area contributed by atoms with Gasteiger partial charge in [0.2, 0.25) is 0 Å². The van der Waals surface area contributed by atoms with Gasteiger partial charge in [0.25, 0.3) is 0 Å². The summed E-state index contributed by atoms with van der Waals surface area (Å²) in [7, 11) is 3.81. The van der Waals surface area contributed by atoms with Crippen LogP contribution in [0.15, 0.2) is 17.4 Å². The van der Waals surface area contributed by atoms with Crippen molar-refractivity contribution in [1.82, 2.24) is 10.3 Å². The lowest BCUT2D eigenvalue weighted by molar-refractivity contribution is 0.633. The minimum Gasteiger partial charge on any atom is -0.367 e. The van der Waals surface area contributed by atoms with Crippen molar-refractivity contribution in [2.75, 3.05) is 14.1 Å². The first-order chi connectivity index (χ1) is 4.13. The van der Waals surface area contributed by atoms with E-state index in [1.54, 1.807) is 6.34 Å². The minimum atomic E-state index is 0.841. The van der Waals surface area contributed by atoms with E-state index in [0.29, 0.717) is 0 Å². The van der Waals surface area contributed by atoms with Gasteiger partial charge in [0.1, 0.15) is 6.34 Å². The summed E-state index contributed by atoms with van der Waals surface area (Å²) in [6.45, 7) is 5.46. The average Bonchev–Trinajstić information content (AvgIpc) is 1.63. The van der Waals surface area contributed by atoms with Gasteiger partial charge in [-0.25, -0.2) is 0 Å². The van der Waals surface area contributed by atoms with Gasteiger partial charge in [-0.15, -0.1) is 0 Å². The molecule has 0 aromatic carbocycles. The van der Waals surface area contributed by atoms with Gasteiger partial charge in [-0.2, -0.15) is 5.10 Å². The molecule has 0 aliphatic heterocycles. The summed E-state index contributed by atoms with van der Waals surface area (Å²) in [5, 5.41) is 3.82. The van der Waals surface area contributed by atoms with E-state index in [0.717, 1.165) is 5.70 Å². The molecule has 0 bridgehead atoms. The van der Waals surface area contributed by atoms with Crippen molar-refractivity contribution in [3.63, 3.8) is 0 Å². The second-order valence-corrected chi connectivity index (χ2v) is 2.10. The summed E-state index contributed by atoms with van der Waals surface area (Å²) in [6, 6.07) is 0. The molecule has 0 saturated heterocycles. The van der Waals surface area contributed by atoms with E-state index in [2.05, 4.69) is 17.1 Å². The molecule has 0 spiro atoms. The Labute approximate surface area is 56.0 Å². The Balaban J connectivity index is 3.36. The van der Waals surface area contributed by atoms with Gasteiger partial charge in [-0.1, -0.05) is 6.58 Å². The number of hydrogen-bond donors (Lipinski definition) is 1. The van der Waals surface area contributed by atoms with Crippen molar-refractivity contribution < 1.29 is 0 Å². The molecule has 3 heteroatoms. The fourth-order valence-electron chi connectivity index (χ4n) is 0.255. The van der Waals surface area contributed by atoms with Gasteiger partial charge in [0.05, 0.1) is 0 Å². The van der Waals surface area contributed by atoms with Crippen LogP contribution in [-0.4, -0.2) is 25.3 Å². The molecule has 52 valence electrons. The van der Waals surface area contributed by atoms with Crippen molar-refractivity contribution >= 4 is 6.34 Å². The maximum absolute atomic E-state index is 3.82. The van der Waals surface area contributed by atoms with Gasteiger partial charge in [-0.3, -0.25) is 5.43 Å². The highest BCUT2D eigenvalue weighted by atomic mass is 15.3. The van der Waals surface area contributed by atoms with Gasteiger partial charge >= 0.3 is 0 Å². The molecule has 9 heavy (non-hydrogen) atoms. The summed E-state index contributed by atoms with van der Waals surface area (Å²) in [4.78, 5) is 1.84. The largest absolute Gasteiger partial charge is 0.367 e. The van der Waals surface area contributed by atoms with Crippen LogP contribution in [0.2, 0.25) is 0 Å². The lowest BCUT2D eigenvalue weighted by Crippen LogP contribution is -2.11. The molecule has 0 radical (unpaired) electrons. The molecule has 0 rings (SSSR count). The maximum Gasteiger partial charge on any atom is 0.111 e. The highest BCUT2D eigenvalue weighted by Crippen LogP contribution is 1.75. The molecular weight excluding hydrogens is 114 g/mol. The Morgan fingerprint density at radius 2 is 2.22 bits per heavy atom. The third-order valence-electron chi connectivity index (χ3n) is 0.544. The SMILES string of the molecule is C=C(C)N/N=C\N(C)C. The quantitative estimate of drug-likeness (QED) is 0.342. The number of hydrazone groups is 1. The van der Waals surface area contributed by atoms with Crippen LogP contribution in [0.25, 0.3) is 0 Å². The lowest BCUT2D eigenvalue weighted by atomic mass is 10.6. The van der Waals surface area contributed by atoms with E-state index in [1.165, 1.54) is 0 Å². The van der Waals surface area contributed by atoms with E-state index in [9.17, 15) is 0 Å². The molecule has 0 aliphatic rings. The summed E-state index contributed by atoms with van der Waals surface area (Å²) in [5.74, 6) is 0. The molecule has 3 nitrogen and oxygen atoms in total. The molecule has 0 aromatic rings. The zero-order valence-corrected chi connectivity index (χ0v) is 6.18. The molecule has 0 heterocycles. The lowest BCUT2D eigenvalue weighted by Gasteiger charge is -2.02. The van der Waals surface area contributed by atoms with Gasteiger partial charge in [0, 0.05) is 19.8 Å². The van der Waals surface area contributed by atoms with Crippen molar-refractivity contribution in [3.05, 3.63) is 12.3 Å². The number of allylic oxidation sites excluding steroid dienone is 1. The predicted molar refractivity (Wildman–Crippen MR) is 40.1 cm³/mol. The van der Waals surface area contributed by atoms with E-state index in [4.69, 9.17) is 0 Å². The normalized spacial score (nSPS) is 9.67. The van der Waals surface area contributed by atoms with Crippen LogP contribution < -0.4 is 5.43 Å². The first-order valence-electron chi connectivity index (χ1n) is 2.74. The average molecular weight is 127 g/mol. The Morgan fingerprint density at radius 3 is 2.56 bits per heavy atom. The molecule has 0 aliphatic carbocycles. The van der Waals surface area contributed by atoms with E-state index in [-0.39, 0.29) is 0 Å². The van der Waals surface area contributed by atoms with Crippen molar-refractivity contribution in [2.24, 2.45) is 5.10 Å². The number of nitrogens with one attached hydrogen (secondary N) is 1. The fourth-order valence-corrected chi connectivity index (χ4v) is 0.255. The van der Waals surface area contributed by atoms with Crippen LogP contribution >= 0.6 is 0 Å². The zero-order chi connectivity index (χ0) is 7.28. The fraction of sp³-hybridized carbons (Fsp3) is 0.500. The molecule has 0 amide bonds. The van der Waals surface area contributed by atoms with E-state index < -0.39 is 0 Å².